The molecule has 0 saturated carbocycles. The predicted octanol–water partition coefficient (Wildman–Crippen LogP) is 3.13. The van der Waals surface area contributed by atoms with E-state index in [9.17, 15) is 14.4 Å². The number of allylic oxidation sites excluding steroid dienone is 2. The van der Waals surface area contributed by atoms with E-state index in [-0.39, 0.29) is 22.4 Å². The van der Waals surface area contributed by atoms with Crippen LogP contribution in [0.4, 0.5) is 11.5 Å². The van der Waals surface area contributed by atoms with Gasteiger partial charge in [-0.25, -0.2) is 4.79 Å². The molecule has 0 fully saturated rings. The van der Waals surface area contributed by atoms with Crippen LogP contribution in [0.3, 0.4) is 0 Å². The van der Waals surface area contributed by atoms with Crippen molar-refractivity contribution in [2.24, 2.45) is 19.5 Å². The van der Waals surface area contributed by atoms with Crippen molar-refractivity contribution < 1.29 is 4.79 Å². The van der Waals surface area contributed by atoms with Gasteiger partial charge in [-0.1, -0.05) is 26.0 Å². The lowest BCUT2D eigenvalue weighted by Crippen LogP contribution is -2.45. The molecule has 0 bridgehead atoms. The largest absolute Gasteiger partial charge is 0.372 e. The van der Waals surface area contributed by atoms with Crippen LogP contribution in [0.5, 0.6) is 0 Å². The second-order valence-electron chi connectivity index (χ2n) is 9.62. The number of hydrogen-bond donors (Lipinski definition) is 1. The van der Waals surface area contributed by atoms with Crippen molar-refractivity contribution in [1.29, 1.82) is 0 Å². The summed E-state index contributed by atoms with van der Waals surface area (Å²) >= 11 is 0. The first-order valence-electron chi connectivity index (χ1n) is 11.3. The predicted molar refractivity (Wildman–Crippen MR) is 127 cm³/mol. The Labute approximate surface area is 188 Å². The fraction of sp³-hybridized carbons (Fsp3) is 0.480. The second kappa shape index (κ2) is 7.80. The van der Waals surface area contributed by atoms with E-state index in [1.54, 1.807) is 7.05 Å². The minimum atomic E-state index is -0.499. The maximum Gasteiger partial charge on any atom is 0.332 e. The molecule has 1 atom stereocenters. The normalized spacial score (nSPS) is 19.3. The lowest BCUT2D eigenvalue weighted by atomic mass is 9.69. The molecule has 7 nitrogen and oxygen atoms in total. The van der Waals surface area contributed by atoms with Crippen molar-refractivity contribution >= 4 is 17.3 Å². The van der Waals surface area contributed by atoms with Gasteiger partial charge in [0.05, 0.1) is 5.56 Å². The van der Waals surface area contributed by atoms with E-state index in [2.05, 4.69) is 37.9 Å². The number of rotatable bonds is 4. The van der Waals surface area contributed by atoms with Gasteiger partial charge in [0, 0.05) is 56.5 Å². The highest BCUT2D eigenvalue weighted by molar-refractivity contribution is 6.01. The number of Topliss-reactive ketones (excluding diaryl/α,β-unsaturated/α-hetero) is 1. The van der Waals surface area contributed by atoms with E-state index >= 15 is 0 Å². The van der Waals surface area contributed by atoms with Crippen molar-refractivity contribution in [3.05, 3.63) is 67.5 Å². The molecule has 1 N–H and O–H groups in total. The fourth-order valence-corrected chi connectivity index (χ4v) is 5.15. The molecular formula is C25H32N4O3. The number of anilines is 2. The Hall–Kier alpha value is -3.09. The maximum atomic E-state index is 13.4. The van der Waals surface area contributed by atoms with E-state index in [0.29, 0.717) is 29.8 Å². The van der Waals surface area contributed by atoms with Gasteiger partial charge in [-0.05, 0) is 43.4 Å². The van der Waals surface area contributed by atoms with Crippen molar-refractivity contribution in [2.45, 2.75) is 46.5 Å². The van der Waals surface area contributed by atoms with Crippen molar-refractivity contribution in [1.82, 2.24) is 9.13 Å². The summed E-state index contributed by atoms with van der Waals surface area (Å²) in [7, 11) is 3.15. The molecule has 1 aromatic carbocycles. The summed E-state index contributed by atoms with van der Waals surface area (Å²) in [6.07, 6.45) is 1.12. The summed E-state index contributed by atoms with van der Waals surface area (Å²) < 4.78 is 2.60. The Morgan fingerprint density at radius 2 is 1.62 bits per heavy atom. The molecule has 0 radical (unpaired) electrons. The summed E-state index contributed by atoms with van der Waals surface area (Å²) in [5.41, 5.74) is 2.99. The van der Waals surface area contributed by atoms with Gasteiger partial charge in [-0.2, -0.15) is 0 Å². The van der Waals surface area contributed by atoms with Crippen LogP contribution in [-0.2, 0) is 18.9 Å². The topological polar surface area (TPSA) is 76.3 Å². The van der Waals surface area contributed by atoms with Crippen LogP contribution in [0.15, 0.2) is 45.1 Å². The number of nitrogens with one attached hydrogen (secondary N) is 1. The summed E-state index contributed by atoms with van der Waals surface area (Å²) in [5.74, 6) is 0.0457. The first-order chi connectivity index (χ1) is 15.1. The molecule has 32 heavy (non-hydrogen) atoms. The van der Waals surface area contributed by atoms with Crippen LogP contribution in [0.1, 0.15) is 57.6 Å². The second-order valence-corrected chi connectivity index (χ2v) is 9.62. The number of hydrogen-bond acceptors (Lipinski definition) is 5. The molecule has 170 valence electrons. The van der Waals surface area contributed by atoms with Gasteiger partial charge in [0.25, 0.3) is 5.56 Å². The Balaban J connectivity index is 1.97. The molecule has 2 aliphatic rings. The number of carbonyl (C=O) groups excluding carboxylic acids is 1. The zero-order valence-corrected chi connectivity index (χ0v) is 19.8. The minimum Gasteiger partial charge on any atom is -0.372 e. The van der Waals surface area contributed by atoms with Gasteiger partial charge < -0.3 is 10.2 Å². The Kier molecular flexibility index (Phi) is 5.39. The zero-order valence-electron chi connectivity index (χ0n) is 19.8. The quantitative estimate of drug-likeness (QED) is 0.797. The number of benzene rings is 1. The summed E-state index contributed by atoms with van der Waals surface area (Å²) in [6, 6.07) is 8.12. The lowest BCUT2D eigenvalue weighted by molar-refractivity contribution is -0.118. The maximum absolute atomic E-state index is 13.4. The van der Waals surface area contributed by atoms with Crippen LogP contribution in [0, 0.1) is 5.41 Å². The Bertz CT molecular complexity index is 1230. The molecule has 0 amide bonds. The van der Waals surface area contributed by atoms with Gasteiger partial charge in [0.15, 0.2) is 5.78 Å². The van der Waals surface area contributed by atoms with Gasteiger partial charge in [0.2, 0.25) is 0 Å². The highest BCUT2D eigenvalue weighted by Gasteiger charge is 2.42. The fourth-order valence-electron chi connectivity index (χ4n) is 5.15. The average molecular weight is 437 g/mol. The van der Waals surface area contributed by atoms with E-state index in [0.717, 1.165) is 34.6 Å². The van der Waals surface area contributed by atoms with E-state index < -0.39 is 5.92 Å². The molecule has 2 heterocycles. The first kappa shape index (κ1) is 22.1. The molecule has 0 saturated heterocycles. The standard InChI is InChI=1S/C25H32N4O3/c1-7-29(8-2)16-11-9-15(10-12-16)19-20-17(13-25(3,4)14-18(20)30)26-22-21(19)23(31)28(6)24(32)27(22)5/h9-12,19,26H,7-8,13-14H2,1-6H3. The van der Waals surface area contributed by atoms with E-state index in [4.69, 9.17) is 0 Å². The Morgan fingerprint density at radius 1 is 1.00 bits per heavy atom. The van der Waals surface area contributed by atoms with Crippen LogP contribution in [0.25, 0.3) is 0 Å². The van der Waals surface area contributed by atoms with E-state index in [1.807, 2.05) is 24.3 Å². The first-order valence-corrected chi connectivity index (χ1v) is 11.3. The Morgan fingerprint density at radius 3 is 2.22 bits per heavy atom. The third-order valence-corrected chi connectivity index (χ3v) is 6.82. The average Bonchev–Trinajstić information content (AvgIpc) is 2.75. The van der Waals surface area contributed by atoms with E-state index in [1.165, 1.54) is 11.6 Å². The number of carbonyl (C=O) groups is 1. The third-order valence-electron chi connectivity index (χ3n) is 6.82. The van der Waals surface area contributed by atoms with Crippen LogP contribution in [0.2, 0.25) is 0 Å². The molecule has 7 heteroatoms. The van der Waals surface area contributed by atoms with Crippen LogP contribution >= 0.6 is 0 Å². The molecule has 0 spiro atoms. The van der Waals surface area contributed by atoms with Gasteiger partial charge in [-0.3, -0.25) is 18.7 Å². The number of aromatic nitrogens is 2. The molecule has 1 unspecified atom stereocenters. The SMILES string of the molecule is CCN(CC)c1ccc(C2C3=C(CC(C)(C)CC3=O)Nc3c2c(=O)n(C)c(=O)n3C)cc1. The lowest BCUT2D eigenvalue weighted by Gasteiger charge is -2.39. The number of nitrogens with zero attached hydrogens (tertiary/aromatic N) is 3. The summed E-state index contributed by atoms with van der Waals surface area (Å²) in [5, 5.41) is 3.31. The van der Waals surface area contributed by atoms with Crippen molar-refractivity contribution in [3.8, 4) is 0 Å². The summed E-state index contributed by atoms with van der Waals surface area (Å²) in [4.78, 5) is 41.6. The summed E-state index contributed by atoms with van der Waals surface area (Å²) in [6.45, 7) is 10.2. The zero-order chi connectivity index (χ0) is 23.4. The van der Waals surface area contributed by atoms with Crippen LogP contribution in [-0.4, -0.2) is 28.0 Å². The highest BCUT2D eigenvalue weighted by Crippen LogP contribution is 2.47. The number of fused-ring (bicyclic) bond motifs is 1. The molecular weight excluding hydrogens is 404 g/mol. The van der Waals surface area contributed by atoms with Crippen molar-refractivity contribution in [2.75, 3.05) is 23.3 Å². The monoisotopic (exact) mass is 436 g/mol. The van der Waals surface area contributed by atoms with Crippen LogP contribution < -0.4 is 21.5 Å². The van der Waals surface area contributed by atoms with Gasteiger partial charge in [0.1, 0.15) is 5.82 Å². The smallest absolute Gasteiger partial charge is 0.332 e. The number of ketones is 1. The molecule has 1 aromatic heterocycles. The molecule has 1 aliphatic heterocycles. The molecule has 4 rings (SSSR count). The molecule has 1 aliphatic carbocycles. The van der Waals surface area contributed by atoms with Gasteiger partial charge in [-0.15, -0.1) is 0 Å². The van der Waals surface area contributed by atoms with Crippen molar-refractivity contribution in [3.63, 3.8) is 0 Å². The molecule has 2 aromatic rings. The highest BCUT2D eigenvalue weighted by atomic mass is 16.2. The third kappa shape index (κ3) is 3.40. The van der Waals surface area contributed by atoms with Gasteiger partial charge >= 0.3 is 5.69 Å². The minimum absolute atomic E-state index is 0.0584.